The first kappa shape index (κ1) is 15.3. The number of carboxylic acids is 1. The Kier molecular flexibility index (Phi) is 5.18. The van der Waals surface area contributed by atoms with Crippen LogP contribution < -0.4 is 10.1 Å². The second-order valence-electron chi connectivity index (χ2n) is 4.25. The van der Waals surface area contributed by atoms with Crippen LogP contribution in [0.4, 0.5) is 5.69 Å². The summed E-state index contributed by atoms with van der Waals surface area (Å²) in [6, 6.07) is 4.82. The van der Waals surface area contributed by atoms with Crippen molar-refractivity contribution in [3.8, 4) is 5.75 Å². The number of anilines is 1. The van der Waals surface area contributed by atoms with Gasteiger partial charge < -0.3 is 15.2 Å². The van der Waals surface area contributed by atoms with E-state index in [-0.39, 0.29) is 0 Å². The van der Waals surface area contributed by atoms with Gasteiger partial charge in [0.2, 0.25) is 5.91 Å². The minimum Gasteiger partial charge on any atom is -0.495 e. The van der Waals surface area contributed by atoms with E-state index in [2.05, 4.69) is 5.32 Å². The summed E-state index contributed by atoms with van der Waals surface area (Å²) in [6.45, 7) is 3.05. The number of halogens is 1. The monoisotopic (exact) mass is 285 g/mol. The van der Waals surface area contributed by atoms with E-state index in [1.165, 1.54) is 14.0 Å². The first-order chi connectivity index (χ1) is 8.86. The fourth-order valence-corrected chi connectivity index (χ4v) is 1.64. The van der Waals surface area contributed by atoms with E-state index in [0.29, 0.717) is 16.5 Å². The van der Waals surface area contributed by atoms with Crippen LogP contribution in [0, 0.1) is 11.8 Å². The Labute approximate surface area is 116 Å². The topological polar surface area (TPSA) is 75.6 Å². The van der Waals surface area contributed by atoms with Gasteiger partial charge in [0.1, 0.15) is 5.75 Å². The molecule has 0 fully saturated rings. The molecule has 0 radical (unpaired) electrons. The van der Waals surface area contributed by atoms with Gasteiger partial charge in [0, 0.05) is 10.9 Å². The lowest BCUT2D eigenvalue weighted by atomic mass is 9.95. The minimum absolute atomic E-state index is 0.393. The van der Waals surface area contributed by atoms with Crippen LogP contribution in [0.15, 0.2) is 18.2 Å². The summed E-state index contributed by atoms with van der Waals surface area (Å²) in [5.74, 6) is -2.38. The molecule has 1 aromatic carbocycles. The molecule has 104 valence electrons. The van der Waals surface area contributed by atoms with Gasteiger partial charge in [-0.3, -0.25) is 9.59 Å². The molecule has 0 aliphatic heterocycles. The molecule has 1 aromatic rings. The van der Waals surface area contributed by atoms with Crippen LogP contribution in [0.3, 0.4) is 0 Å². The van der Waals surface area contributed by atoms with Crippen LogP contribution in [-0.2, 0) is 9.59 Å². The molecule has 0 saturated carbocycles. The average Bonchev–Trinajstić information content (AvgIpc) is 2.37. The van der Waals surface area contributed by atoms with Gasteiger partial charge in [-0.2, -0.15) is 0 Å². The number of nitrogens with one attached hydrogen (secondary N) is 1. The van der Waals surface area contributed by atoms with Gasteiger partial charge in [-0.1, -0.05) is 25.4 Å². The number of rotatable bonds is 5. The number of carboxylic acid groups (broad SMARTS) is 1. The van der Waals surface area contributed by atoms with Crippen LogP contribution in [0.2, 0.25) is 5.02 Å². The van der Waals surface area contributed by atoms with Gasteiger partial charge in [0.15, 0.2) is 0 Å². The molecule has 2 unspecified atom stereocenters. The molecule has 0 aliphatic carbocycles. The van der Waals surface area contributed by atoms with Gasteiger partial charge >= 0.3 is 5.97 Å². The van der Waals surface area contributed by atoms with Crippen LogP contribution in [0.25, 0.3) is 0 Å². The Balaban J connectivity index is 2.87. The van der Waals surface area contributed by atoms with Crippen LogP contribution >= 0.6 is 11.6 Å². The lowest BCUT2D eigenvalue weighted by Crippen LogP contribution is -2.30. The molecule has 0 saturated heterocycles. The van der Waals surface area contributed by atoms with Gasteiger partial charge in [-0.15, -0.1) is 0 Å². The molecule has 2 atom stereocenters. The fourth-order valence-electron chi connectivity index (χ4n) is 1.47. The highest BCUT2D eigenvalue weighted by Gasteiger charge is 2.26. The summed E-state index contributed by atoms with van der Waals surface area (Å²) in [5, 5.41) is 12.0. The molecular weight excluding hydrogens is 270 g/mol. The summed E-state index contributed by atoms with van der Waals surface area (Å²) < 4.78 is 5.10. The third-order valence-corrected chi connectivity index (χ3v) is 3.21. The molecular formula is C13H16ClNO4. The molecule has 0 bridgehead atoms. The van der Waals surface area contributed by atoms with E-state index in [0.717, 1.165) is 0 Å². The molecule has 1 rings (SSSR count). The van der Waals surface area contributed by atoms with Crippen molar-refractivity contribution in [2.75, 3.05) is 12.4 Å². The van der Waals surface area contributed by atoms with Crippen LogP contribution in [0.5, 0.6) is 5.75 Å². The second kappa shape index (κ2) is 6.43. The highest BCUT2D eigenvalue weighted by molar-refractivity contribution is 6.31. The van der Waals surface area contributed by atoms with Gasteiger partial charge in [0.25, 0.3) is 0 Å². The van der Waals surface area contributed by atoms with Gasteiger partial charge in [0.05, 0.1) is 18.7 Å². The van der Waals surface area contributed by atoms with Gasteiger partial charge in [-0.05, 0) is 18.2 Å². The first-order valence-electron chi connectivity index (χ1n) is 5.74. The first-order valence-corrected chi connectivity index (χ1v) is 6.11. The maximum atomic E-state index is 12.0. The normalized spacial score (nSPS) is 13.5. The van der Waals surface area contributed by atoms with Crippen molar-refractivity contribution < 1.29 is 19.4 Å². The van der Waals surface area contributed by atoms with Crippen molar-refractivity contribution in [2.45, 2.75) is 13.8 Å². The minimum atomic E-state index is -1.01. The molecule has 19 heavy (non-hydrogen) atoms. The maximum Gasteiger partial charge on any atom is 0.307 e. The number of hydrogen-bond donors (Lipinski definition) is 2. The molecule has 0 heterocycles. The van der Waals surface area contributed by atoms with Crippen LogP contribution in [0.1, 0.15) is 13.8 Å². The highest BCUT2D eigenvalue weighted by atomic mass is 35.5. The summed E-state index contributed by atoms with van der Waals surface area (Å²) in [6.07, 6.45) is 0. The van der Waals surface area contributed by atoms with E-state index in [1.807, 2.05) is 0 Å². The number of amides is 1. The highest BCUT2D eigenvalue weighted by Crippen LogP contribution is 2.28. The molecule has 2 N–H and O–H groups in total. The second-order valence-corrected chi connectivity index (χ2v) is 4.69. The van der Waals surface area contributed by atoms with E-state index in [9.17, 15) is 9.59 Å². The van der Waals surface area contributed by atoms with Crippen molar-refractivity contribution in [1.29, 1.82) is 0 Å². The predicted molar refractivity (Wildman–Crippen MR) is 72.6 cm³/mol. The molecule has 1 amide bonds. The van der Waals surface area contributed by atoms with Crippen molar-refractivity contribution in [3.63, 3.8) is 0 Å². The zero-order valence-corrected chi connectivity index (χ0v) is 11.7. The number of benzene rings is 1. The lowest BCUT2D eigenvalue weighted by molar-refractivity contribution is -0.145. The molecule has 6 heteroatoms. The molecule has 5 nitrogen and oxygen atoms in total. The Morgan fingerprint density at radius 1 is 1.32 bits per heavy atom. The third-order valence-electron chi connectivity index (χ3n) is 2.97. The summed E-state index contributed by atoms with van der Waals surface area (Å²) in [4.78, 5) is 22.8. The smallest absolute Gasteiger partial charge is 0.307 e. The SMILES string of the molecule is COc1ccc(Cl)cc1NC(=O)C(C)C(C)C(=O)O. The molecule has 0 aromatic heterocycles. The van der Waals surface area contributed by atoms with Crippen LogP contribution in [-0.4, -0.2) is 24.1 Å². The van der Waals surface area contributed by atoms with E-state index >= 15 is 0 Å². The van der Waals surface area contributed by atoms with Crippen molar-refractivity contribution in [2.24, 2.45) is 11.8 Å². The maximum absolute atomic E-state index is 12.0. The third kappa shape index (κ3) is 3.86. The van der Waals surface area contributed by atoms with Crippen molar-refractivity contribution >= 4 is 29.2 Å². The van der Waals surface area contributed by atoms with E-state index in [1.54, 1.807) is 25.1 Å². The van der Waals surface area contributed by atoms with Gasteiger partial charge in [-0.25, -0.2) is 0 Å². The predicted octanol–water partition coefficient (Wildman–Crippen LogP) is 2.64. The number of carbonyl (C=O) groups is 2. The summed E-state index contributed by atoms with van der Waals surface area (Å²) >= 11 is 5.85. The number of ether oxygens (including phenoxy) is 1. The van der Waals surface area contributed by atoms with Crippen molar-refractivity contribution in [1.82, 2.24) is 0 Å². The van der Waals surface area contributed by atoms with Crippen molar-refractivity contribution in [3.05, 3.63) is 23.2 Å². The fraction of sp³-hybridized carbons (Fsp3) is 0.385. The Bertz CT molecular complexity index is 490. The molecule has 0 aliphatic rings. The number of methoxy groups -OCH3 is 1. The summed E-state index contributed by atoms with van der Waals surface area (Å²) in [7, 11) is 1.47. The van der Waals surface area contributed by atoms with E-state index < -0.39 is 23.7 Å². The standard InChI is InChI=1S/C13H16ClNO4/c1-7(8(2)13(17)18)12(16)15-10-6-9(14)4-5-11(10)19-3/h4-8H,1-3H3,(H,15,16)(H,17,18). The summed E-state index contributed by atoms with van der Waals surface area (Å²) in [5.41, 5.74) is 0.421. The molecule has 0 spiro atoms. The largest absolute Gasteiger partial charge is 0.495 e. The quantitative estimate of drug-likeness (QED) is 0.872. The number of hydrogen-bond acceptors (Lipinski definition) is 3. The average molecular weight is 286 g/mol. The van der Waals surface area contributed by atoms with E-state index in [4.69, 9.17) is 21.4 Å². The zero-order chi connectivity index (χ0) is 14.6. The Morgan fingerprint density at radius 2 is 1.95 bits per heavy atom. The zero-order valence-electron chi connectivity index (χ0n) is 10.9. The number of carbonyl (C=O) groups excluding carboxylic acids is 1. The lowest BCUT2D eigenvalue weighted by Gasteiger charge is -2.17. The Morgan fingerprint density at radius 3 is 2.47 bits per heavy atom. The Hall–Kier alpha value is -1.75. The number of aliphatic carboxylic acids is 1.